The van der Waals surface area contributed by atoms with E-state index in [2.05, 4.69) is 37.6 Å². The van der Waals surface area contributed by atoms with Crippen molar-refractivity contribution < 1.29 is 13.9 Å². The molecule has 4 rings (SSSR count). The fraction of sp³-hybridized carbons (Fsp3) is 0.280. The molecule has 1 aromatic heterocycles. The highest BCUT2D eigenvalue weighted by molar-refractivity contribution is 14.0. The Bertz CT molecular complexity index is 1080. The normalized spacial score (nSPS) is 13.8. The third-order valence-corrected chi connectivity index (χ3v) is 5.62. The number of halogens is 1. The van der Waals surface area contributed by atoms with Crippen LogP contribution < -0.4 is 20.3 Å². The summed E-state index contributed by atoms with van der Waals surface area (Å²) in [7, 11) is 3.50. The minimum atomic E-state index is -0.264. The first-order valence-corrected chi connectivity index (χ1v) is 10.9. The molecule has 8 nitrogen and oxygen atoms in total. The van der Waals surface area contributed by atoms with E-state index >= 15 is 0 Å². The number of methoxy groups -OCH3 is 1. The van der Waals surface area contributed by atoms with E-state index < -0.39 is 0 Å². The smallest absolute Gasteiger partial charge is 0.291 e. The molecule has 1 saturated heterocycles. The molecule has 1 fully saturated rings. The first kappa shape index (κ1) is 25.4. The summed E-state index contributed by atoms with van der Waals surface area (Å²) in [5.41, 5.74) is 3.00. The van der Waals surface area contributed by atoms with E-state index in [0.717, 1.165) is 49.1 Å². The lowest BCUT2D eigenvalue weighted by Gasteiger charge is -2.37. The lowest BCUT2D eigenvalue weighted by molar-refractivity contribution is 0.0996. The van der Waals surface area contributed by atoms with E-state index in [1.54, 1.807) is 19.2 Å². The van der Waals surface area contributed by atoms with E-state index in [4.69, 9.17) is 9.15 Å². The van der Waals surface area contributed by atoms with Gasteiger partial charge in [-0.2, -0.15) is 0 Å². The number of hydrogen-bond donors (Lipinski definition) is 2. The number of nitrogens with one attached hydrogen (secondary N) is 2. The number of piperazine rings is 1. The average molecular weight is 575 g/mol. The summed E-state index contributed by atoms with van der Waals surface area (Å²) in [6.45, 7) is 4.24. The first-order chi connectivity index (χ1) is 16.2. The molecule has 0 bridgehead atoms. The SMILES string of the molecule is CN=C(NCc1ccc(NC(=O)c2ccco2)cc1)N1CCN(c2cccc(OC)c2)CC1.I. The van der Waals surface area contributed by atoms with Gasteiger partial charge in [-0.25, -0.2) is 0 Å². The van der Waals surface area contributed by atoms with Crippen LogP contribution in [0.3, 0.4) is 0 Å². The number of anilines is 2. The van der Waals surface area contributed by atoms with Crippen molar-refractivity contribution in [3.8, 4) is 5.75 Å². The molecule has 0 saturated carbocycles. The maximum absolute atomic E-state index is 12.1. The van der Waals surface area contributed by atoms with Gasteiger partial charge in [-0.05, 0) is 42.0 Å². The molecule has 9 heteroatoms. The first-order valence-electron chi connectivity index (χ1n) is 10.9. The second kappa shape index (κ2) is 12.3. The summed E-state index contributed by atoms with van der Waals surface area (Å²) >= 11 is 0. The second-order valence-corrected chi connectivity index (χ2v) is 7.70. The number of aliphatic imine (C=N–C) groups is 1. The number of amides is 1. The Kier molecular flexibility index (Phi) is 9.20. The fourth-order valence-electron chi connectivity index (χ4n) is 3.80. The minimum Gasteiger partial charge on any atom is -0.497 e. The number of carbonyl (C=O) groups is 1. The average Bonchev–Trinajstić information content (AvgIpc) is 3.41. The van der Waals surface area contributed by atoms with Gasteiger partial charge in [-0.15, -0.1) is 24.0 Å². The van der Waals surface area contributed by atoms with Gasteiger partial charge in [0.2, 0.25) is 0 Å². The van der Waals surface area contributed by atoms with E-state index in [-0.39, 0.29) is 35.6 Å². The maximum Gasteiger partial charge on any atom is 0.291 e. The van der Waals surface area contributed by atoms with Crippen molar-refractivity contribution in [2.24, 2.45) is 4.99 Å². The van der Waals surface area contributed by atoms with Crippen LogP contribution in [0.2, 0.25) is 0 Å². The molecule has 0 spiro atoms. The Morgan fingerprint density at radius 2 is 1.82 bits per heavy atom. The predicted octanol–water partition coefficient (Wildman–Crippen LogP) is 4.06. The van der Waals surface area contributed by atoms with Gasteiger partial charge in [0.15, 0.2) is 11.7 Å². The molecule has 0 unspecified atom stereocenters. The van der Waals surface area contributed by atoms with Crippen molar-refractivity contribution in [3.05, 3.63) is 78.3 Å². The van der Waals surface area contributed by atoms with Crippen molar-refractivity contribution in [1.82, 2.24) is 10.2 Å². The zero-order valence-electron chi connectivity index (χ0n) is 19.4. The summed E-state index contributed by atoms with van der Waals surface area (Å²) in [4.78, 5) is 21.2. The molecule has 0 radical (unpaired) electrons. The largest absolute Gasteiger partial charge is 0.497 e. The number of carbonyl (C=O) groups excluding carboxylic acids is 1. The van der Waals surface area contributed by atoms with E-state index in [1.807, 2.05) is 43.4 Å². The summed E-state index contributed by atoms with van der Waals surface area (Å²) in [6.07, 6.45) is 1.48. The molecule has 0 aliphatic carbocycles. The van der Waals surface area contributed by atoms with Crippen LogP contribution in [0, 0.1) is 0 Å². The van der Waals surface area contributed by atoms with Gasteiger partial charge in [-0.1, -0.05) is 18.2 Å². The van der Waals surface area contributed by atoms with E-state index in [1.165, 1.54) is 12.0 Å². The Balaban J connectivity index is 0.00000324. The lowest BCUT2D eigenvalue weighted by Crippen LogP contribution is -2.52. The van der Waals surface area contributed by atoms with Crippen LogP contribution in [0.5, 0.6) is 5.75 Å². The van der Waals surface area contributed by atoms with E-state index in [0.29, 0.717) is 6.54 Å². The summed E-state index contributed by atoms with van der Waals surface area (Å²) < 4.78 is 10.5. The van der Waals surface area contributed by atoms with Gasteiger partial charge >= 0.3 is 0 Å². The van der Waals surface area contributed by atoms with Crippen LogP contribution in [-0.2, 0) is 6.54 Å². The molecular formula is C25H30IN5O3. The van der Waals surface area contributed by atoms with Crippen LogP contribution in [0.4, 0.5) is 11.4 Å². The molecular weight excluding hydrogens is 545 g/mol. The van der Waals surface area contributed by atoms with Crippen LogP contribution in [0.15, 0.2) is 76.3 Å². The van der Waals surface area contributed by atoms with Crippen molar-refractivity contribution in [1.29, 1.82) is 0 Å². The molecule has 2 heterocycles. The molecule has 0 atom stereocenters. The maximum atomic E-state index is 12.1. The third-order valence-electron chi connectivity index (χ3n) is 5.62. The molecule has 34 heavy (non-hydrogen) atoms. The van der Waals surface area contributed by atoms with E-state index in [9.17, 15) is 4.79 Å². The highest BCUT2D eigenvalue weighted by atomic mass is 127. The summed E-state index contributed by atoms with van der Waals surface area (Å²) in [5.74, 6) is 1.78. The van der Waals surface area contributed by atoms with Crippen molar-refractivity contribution in [2.75, 3.05) is 50.6 Å². The monoisotopic (exact) mass is 575 g/mol. The molecule has 1 aliphatic heterocycles. The van der Waals surface area contributed by atoms with Gasteiger partial charge in [-0.3, -0.25) is 9.79 Å². The molecule has 1 amide bonds. The standard InChI is InChI=1S/C25H29N5O3.HI/c1-26-25(30-14-12-29(13-15-30)21-5-3-6-22(17-21)32-2)27-18-19-8-10-20(11-9-19)28-24(31)23-7-4-16-33-23;/h3-11,16-17H,12-15,18H2,1-2H3,(H,26,27)(H,28,31);1H. The van der Waals surface area contributed by atoms with Gasteiger partial charge in [0, 0.05) is 57.2 Å². The molecule has 3 aromatic rings. The van der Waals surface area contributed by atoms with Crippen LogP contribution in [0.25, 0.3) is 0 Å². The number of ether oxygens (including phenoxy) is 1. The van der Waals surface area contributed by atoms with Crippen molar-refractivity contribution in [2.45, 2.75) is 6.54 Å². The number of rotatable bonds is 6. The molecule has 2 aromatic carbocycles. The summed E-state index contributed by atoms with van der Waals surface area (Å²) in [5, 5.41) is 6.27. The molecule has 180 valence electrons. The Hall–Kier alpha value is -3.21. The number of benzene rings is 2. The van der Waals surface area contributed by atoms with Gasteiger partial charge in [0.1, 0.15) is 5.75 Å². The van der Waals surface area contributed by atoms with Gasteiger partial charge < -0.3 is 29.6 Å². The number of furan rings is 1. The van der Waals surface area contributed by atoms with Gasteiger partial charge in [0.05, 0.1) is 13.4 Å². The quantitative estimate of drug-likeness (QED) is 0.262. The van der Waals surface area contributed by atoms with Gasteiger partial charge in [0.25, 0.3) is 5.91 Å². The summed E-state index contributed by atoms with van der Waals surface area (Å²) in [6, 6.07) is 19.2. The fourth-order valence-corrected chi connectivity index (χ4v) is 3.80. The highest BCUT2D eigenvalue weighted by Gasteiger charge is 2.20. The number of nitrogens with zero attached hydrogens (tertiary/aromatic N) is 3. The third kappa shape index (κ3) is 6.43. The van der Waals surface area contributed by atoms with Crippen molar-refractivity contribution in [3.63, 3.8) is 0 Å². The molecule has 1 aliphatic rings. The Labute approximate surface area is 217 Å². The lowest BCUT2D eigenvalue weighted by atomic mass is 10.2. The zero-order chi connectivity index (χ0) is 23.0. The Morgan fingerprint density at radius 3 is 2.47 bits per heavy atom. The zero-order valence-corrected chi connectivity index (χ0v) is 21.7. The van der Waals surface area contributed by atoms with Crippen LogP contribution in [0.1, 0.15) is 16.1 Å². The van der Waals surface area contributed by atoms with Crippen molar-refractivity contribution >= 4 is 47.2 Å². The minimum absolute atomic E-state index is 0. The second-order valence-electron chi connectivity index (χ2n) is 7.70. The molecule has 2 N–H and O–H groups in total. The predicted molar refractivity (Wildman–Crippen MR) is 145 cm³/mol. The topological polar surface area (TPSA) is 82.3 Å². The Morgan fingerprint density at radius 1 is 1.06 bits per heavy atom. The number of hydrogen-bond acceptors (Lipinski definition) is 5. The van der Waals surface area contributed by atoms with Crippen LogP contribution in [-0.4, -0.2) is 57.1 Å². The number of guanidine groups is 1. The van der Waals surface area contributed by atoms with Crippen LogP contribution >= 0.6 is 24.0 Å². The highest BCUT2D eigenvalue weighted by Crippen LogP contribution is 2.22.